The fourth-order valence-electron chi connectivity index (χ4n) is 3.45. The molecular formula is C17H26N2. The molecule has 1 aliphatic heterocycles. The molecule has 19 heavy (non-hydrogen) atoms. The van der Waals surface area contributed by atoms with Gasteiger partial charge in [-0.05, 0) is 62.7 Å². The third kappa shape index (κ3) is 2.79. The summed E-state index contributed by atoms with van der Waals surface area (Å²) in [6, 6.07) is 6.92. The van der Waals surface area contributed by atoms with E-state index in [0.29, 0.717) is 0 Å². The van der Waals surface area contributed by atoms with E-state index < -0.39 is 0 Å². The van der Waals surface area contributed by atoms with Crippen molar-refractivity contribution in [2.45, 2.75) is 38.5 Å². The van der Waals surface area contributed by atoms with Crippen LogP contribution in [0, 0.1) is 5.92 Å². The molecule has 0 bridgehead atoms. The fraction of sp³-hybridized carbons (Fsp3) is 0.647. The lowest BCUT2D eigenvalue weighted by atomic mass is 9.85. The van der Waals surface area contributed by atoms with Crippen LogP contribution in [-0.2, 0) is 12.8 Å². The van der Waals surface area contributed by atoms with E-state index in [0.717, 1.165) is 12.5 Å². The van der Waals surface area contributed by atoms with Crippen LogP contribution in [0.3, 0.4) is 0 Å². The van der Waals surface area contributed by atoms with Gasteiger partial charge in [-0.1, -0.05) is 24.6 Å². The van der Waals surface area contributed by atoms with Gasteiger partial charge in [-0.15, -0.1) is 0 Å². The molecular weight excluding hydrogens is 232 g/mol. The Hall–Kier alpha value is -1.02. The number of rotatable bonds is 6. The van der Waals surface area contributed by atoms with Gasteiger partial charge >= 0.3 is 0 Å². The van der Waals surface area contributed by atoms with Crippen molar-refractivity contribution in [1.82, 2.24) is 5.32 Å². The third-order valence-corrected chi connectivity index (χ3v) is 4.75. The monoisotopic (exact) mass is 258 g/mol. The number of anilines is 1. The minimum Gasteiger partial charge on any atom is -0.370 e. The zero-order valence-corrected chi connectivity index (χ0v) is 12.1. The lowest BCUT2D eigenvalue weighted by Gasteiger charge is -2.32. The van der Waals surface area contributed by atoms with Crippen molar-refractivity contribution in [3.63, 3.8) is 0 Å². The highest BCUT2D eigenvalue weighted by molar-refractivity contribution is 5.63. The number of nitrogens with one attached hydrogen (secondary N) is 1. The summed E-state index contributed by atoms with van der Waals surface area (Å²) in [4.78, 5) is 2.67. The Morgan fingerprint density at radius 2 is 2.21 bits per heavy atom. The minimum atomic E-state index is 0.969. The molecule has 1 fully saturated rings. The van der Waals surface area contributed by atoms with Gasteiger partial charge in [-0.2, -0.15) is 0 Å². The maximum atomic E-state index is 3.25. The molecule has 0 unspecified atom stereocenters. The van der Waals surface area contributed by atoms with E-state index in [9.17, 15) is 0 Å². The van der Waals surface area contributed by atoms with Gasteiger partial charge in [-0.25, -0.2) is 0 Å². The number of benzene rings is 1. The molecule has 2 nitrogen and oxygen atoms in total. The van der Waals surface area contributed by atoms with E-state index in [2.05, 4.69) is 28.4 Å². The zero-order valence-electron chi connectivity index (χ0n) is 12.1. The fourth-order valence-corrected chi connectivity index (χ4v) is 3.45. The van der Waals surface area contributed by atoms with Crippen molar-refractivity contribution < 1.29 is 0 Å². The first-order valence-corrected chi connectivity index (χ1v) is 7.89. The molecule has 0 atom stereocenters. The van der Waals surface area contributed by atoms with Gasteiger partial charge < -0.3 is 10.2 Å². The van der Waals surface area contributed by atoms with Crippen LogP contribution in [0.1, 0.15) is 36.8 Å². The third-order valence-electron chi connectivity index (χ3n) is 4.75. The van der Waals surface area contributed by atoms with Crippen LogP contribution in [-0.4, -0.2) is 26.7 Å². The van der Waals surface area contributed by atoms with Crippen LogP contribution in [0.4, 0.5) is 5.69 Å². The van der Waals surface area contributed by atoms with Gasteiger partial charge in [0.1, 0.15) is 0 Å². The average molecular weight is 258 g/mol. The topological polar surface area (TPSA) is 15.3 Å². The van der Waals surface area contributed by atoms with Crippen LogP contribution in [0.25, 0.3) is 0 Å². The molecule has 1 N–H and O–H groups in total. The van der Waals surface area contributed by atoms with Crippen molar-refractivity contribution in [2.24, 2.45) is 5.92 Å². The van der Waals surface area contributed by atoms with Crippen LogP contribution < -0.4 is 10.2 Å². The van der Waals surface area contributed by atoms with E-state index in [4.69, 9.17) is 0 Å². The molecule has 0 radical (unpaired) electrons. The quantitative estimate of drug-likeness (QED) is 0.789. The lowest BCUT2D eigenvalue weighted by Crippen LogP contribution is -2.31. The first-order valence-electron chi connectivity index (χ1n) is 7.89. The number of para-hydroxylation sites is 1. The number of fused-ring (bicyclic) bond motifs is 1. The zero-order chi connectivity index (χ0) is 13.1. The molecule has 1 aromatic rings. The van der Waals surface area contributed by atoms with Crippen molar-refractivity contribution in [3.05, 3.63) is 29.3 Å². The number of nitrogens with zero attached hydrogens (tertiary/aromatic N) is 1. The Labute approximate surface area is 117 Å². The molecule has 3 rings (SSSR count). The van der Waals surface area contributed by atoms with Crippen LogP contribution in [0.5, 0.6) is 0 Å². The molecule has 2 aliphatic rings. The first-order chi connectivity index (χ1) is 9.38. The Morgan fingerprint density at radius 3 is 2.95 bits per heavy atom. The van der Waals surface area contributed by atoms with E-state index in [1.807, 2.05) is 7.05 Å². The highest BCUT2D eigenvalue weighted by atomic mass is 15.2. The number of hydrogen-bond acceptors (Lipinski definition) is 2. The molecule has 0 aromatic heterocycles. The van der Waals surface area contributed by atoms with E-state index in [1.54, 1.807) is 16.8 Å². The smallest absolute Gasteiger partial charge is 0.0432 e. The van der Waals surface area contributed by atoms with E-state index in [-0.39, 0.29) is 0 Å². The first kappa shape index (κ1) is 13.0. The molecule has 0 amide bonds. The van der Waals surface area contributed by atoms with Crippen molar-refractivity contribution in [2.75, 3.05) is 31.6 Å². The van der Waals surface area contributed by atoms with Gasteiger partial charge in [0.2, 0.25) is 0 Å². The van der Waals surface area contributed by atoms with Crippen molar-refractivity contribution >= 4 is 5.69 Å². The highest BCUT2D eigenvalue weighted by Gasteiger charge is 2.26. The second-order valence-electron chi connectivity index (χ2n) is 6.12. The minimum absolute atomic E-state index is 0.969. The summed E-state index contributed by atoms with van der Waals surface area (Å²) in [5, 5.41) is 3.25. The summed E-state index contributed by atoms with van der Waals surface area (Å²) in [6.45, 7) is 3.66. The van der Waals surface area contributed by atoms with Crippen LogP contribution >= 0.6 is 0 Å². The predicted molar refractivity (Wildman–Crippen MR) is 81.9 cm³/mol. The second-order valence-corrected chi connectivity index (χ2v) is 6.12. The molecule has 1 saturated carbocycles. The van der Waals surface area contributed by atoms with Gasteiger partial charge in [0.05, 0.1) is 0 Å². The lowest BCUT2D eigenvalue weighted by molar-refractivity contribution is 0.319. The summed E-state index contributed by atoms with van der Waals surface area (Å²) < 4.78 is 0. The SMILES string of the molecule is CNCCCc1cccc2c1N(CC1CCC1)CC2. The standard InChI is InChI=1S/C17H26N2/c1-18-11-4-9-15-7-3-8-16-10-12-19(17(15)16)13-14-5-2-6-14/h3,7-8,14,18H,2,4-6,9-13H2,1H3. The normalized spacial score (nSPS) is 18.5. The second kappa shape index (κ2) is 5.96. The van der Waals surface area contributed by atoms with E-state index >= 15 is 0 Å². The summed E-state index contributed by atoms with van der Waals surface area (Å²) in [7, 11) is 2.04. The largest absolute Gasteiger partial charge is 0.370 e. The maximum Gasteiger partial charge on any atom is 0.0432 e. The van der Waals surface area contributed by atoms with Crippen LogP contribution in [0.2, 0.25) is 0 Å². The Bertz CT molecular complexity index is 423. The highest BCUT2D eigenvalue weighted by Crippen LogP contribution is 2.36. The Balaban J connectivity index is 1.72. The van der Waals surface area contributed by atoms with Crippen molar-refractivity contribution in [3.8, 4) is 0 Å². The molecule has 1 heterocycles. The molecule has 2 heteroatoms. The molecule has 0 saturated heterocycles. The number of aryl methyl sites for hydroxylation is 1. The number of hydrogen-bond donors (Lipinski definition) is 1. The summed E-state index contributed by atoms with van der Waals surface area (Å²) in [6.07, 6.45) is 8.06. The summed E-state index contributed by atoms with van der Waals surface area (Å²) in [5.41, 5.74) is 4.75. The summed E-state index contributed by atoms with van der Waals surface area (Å²) >= 11 is 0. The van der Waals surface area contributed by atoms with Crippen LogP contribution in [0.15, 0.2) is 18.2 Å². The predicted octanol–water partition coefficient (Wildman–Crippen LogP) is 3.00. The molecule has 1 aromatic carbocycles. The molecule has 104 valence electrons. The van der Waals surface area contributed by atoms with E-state index in [1.165, 1.54) is 51.6 Å². The van der Waals surface area contributed by atoms with Gasteiger partial charge in [0.15, 0.2) is 0 Å². The Kier molecular flexibility index (Phi) is 4.07. The Morgan fingerprint density at radius 1 is 1.32 bits per heavy atom. The summed E-state index contributed by atoms with van der Waals surface area (Å²) in [5.74, 6) is 0.969. The van der Waals surface area contributed by atoms with Crippen molar-refractivity contribution in [1.29, 1.82) is 0 Å². The molecule has 0 spiro atoms. The van der Waals surface area contributed by atoms with Gasteiger partial charge in [0, 0.05) is 18.8 Å². The maximum absolute atomic E-state index is 3.25. The average Bonchev–Trinajstić information content (AvgIpc) is 2.78. The molecule has 1 aliphatic carbocycles. The van der Waals surface area contributed by atoms with Gasteiger partial charge in [0.25, 0.3) is 0 Å². The van der Waals surface area contributed by atoms with Gasteiger partial charge in [-0.3, -0.25) is 0 Å².